The van der Waals surface area contributed by atoms with Gasteiger partial charge in [0.25, 0.3) is 0 Å². The van der Waals surface area contributed by atoms with Gasteiger partial charge in [0, 0.05) is 18.0 Å². The highest BCUT2D eigenvalue weighted by atomic mass is 15.1. The Kier molecular flexibility index (Phi) is 2.10. The molecule has 2 fully saturated rings. The Morgan fingerprint density at radius 1 is 1.33 bits per heavy atom. The van der Waals surface area contributed by atoms with E-state index in [1.54, 1.807) is 0 Å². The van der Waals surface area contributed by atoms with E-state index in [1.165, 1.54) is 43.2 Å². The average Bonchev–Trinajstić information content (AvgIpc) is 3.09. The molecule has 2 N–H and O–H groups in total. The standard InChI is InChI=1S/C15H19N3/c16-9-15(6-1-7-15)11-2-5-14-13(8-11)17-10-18(14)12-3-4-12/h2,5,8,10,12H,1,3-4,6-7,9,16H2. The molecule has 1 heterocycles. The van der Waals surface area contributed by atoms with Crippen molar-refractivity contribution in [1.29, 1.82) is 0 Å². The van der Waals surface area contributed by atoms with E-state index in [0.29, 0.717) is 6.04 Å². The second-order valence-corrected chi connectivity index (χ2v) is 5.92. The number of benzene rings is 1. The van der Waals surface area contributed by atoms with Gasteiger partial charge in [0.2, 0.25) is 0 Å². The van der Waals surface area contributed by atoms with Crippen molar-refractivity contribution in [3.63, 3.8) is 0 Å². The number of fused-ring (bicyclic) bond motifs is 1. The van der Waals surface area contributed by atoms with Crippen molar-refractivity contribution in [2.45, 2.75) is 43.6 Å². The maximum atomic E-state index is 5.98. The highest BCUT2D eigenvalue weighted by molar-refractivity contribution is 5.77. The van der Waals surface area contributed by atoms with E-state index in [9.17, 15) is 0 Å². The van der Waals surface area contributed by atoms with Gasteiger partial charge in [-0.05, 0) is 43.4 Å². The van der Waals surface area contributed by atoms with Gasteiger partial charge in [0.15, 0.2) is 0 Å². The molecule has 2 aromatic rings. The molecule has 18 heavy (non-hydrogen) atoms. The number of rotatable bonds is 3. The summed E-state index contributed by atoms with van der Waals surface area (Å²) in [5.74, 6) is 0. The maximum absolute atomic E-state index is 5.98. The zero-order chi connectivity index (χ0) is 12.2. The molecule has 0 saturated heterocycles. The minimum Gasteiger partial charge on any atom is -0.330 e. The molecule has 0 radical (unpaired) electrons. The number of imidazole rings is 1. The molecule has 2 aliphatic rings. The fourth-order valence-electron chi connectivity index (χ4n) is 3.22. The number of hydrogen-bond acceptors (Lipinski definition) is 2. The number of nitrogens with zero attached hydrogens (tertiary/aromatic N) is 2. The van der Waals surface area contributed by atoms with Crippen LogP contribution in [0.5, 0.6) is 0 Å². The third kappa shape index (κ3) is 1.37. The number of aromatic nitrogens is 2. The summed E-state index contributed by atoms with van der Waals surface area (Å²) in [5, 5.41) is 0. The molecule has 0 unspecified atom stereocenters. The van der Waals surface area contributed by atoms with Gasteiger partial charge in [-0.3, -0.25) is 0 Å². The number of hydrogen-bond donors (Lipinski definition) is 1. The van der Waals surface area contributed by atoms with Crippen molar-refractivity contribution in [3.8, 4) is 0 Å². The summed E-state index contributed by atoms with van der Waals surface area (Å²) in [7, 11) is 0. The molecule has 1 aromatic carbocycles. The minimum absolute atomic E-state index is 0.248. The van der Waals surface area contributed by atoms with E-state index in [-0.39, 0.29) is 5.41 Å². The average molecular weight is 241 g/mol. The Balaban J connectivity index is 1.80. The Morgan fingerprint density at radius 2 is 2.17 bits per heavy atom. The van der Waals surface area contributed by atoms with E-state index in [0.717, 1.165) is 12.1 Å². The first-order chi connectivity index (χ1) is 8.82. The van der Waals surface area contributed by atoms with Gasteiger partial charge in [-0.15, -0.1) is 0 Å². The van der Waals surface area contributed by atoms with Crippen LogP contribution in [0, 0.1) is 0 Å². The quantitative estimate of drug-likeness (QED) is 0.898. The third-order valence-electron chi connectivity index (χ3n) is 4.83. The van der Waals surface area contributed by atoms with Gasteiger partial charge < -0.3 is 10.3 Å². The SMILES string of the molecule is NCC1(c2ccc3c(c2)ncn3C2CC2)CCC1. The molecule has 2 aliphatic carbocycles. The monoisotopic (exact) mass is 241 g/mol. The lowest BCUT2D eigenvalue weighted by Gasteiger charge is -2.41. The Bertz CT molecular complexity index is 585. The van der Waals surface area contributed by atoms with Crippen LogP contribution in [-0.4, -0.2) is 16.1 Å². The van der Waals surface area contributed by atoms with Crippen molar-refractivity contribution in [1.82, 2.24) is 9.55 Å². The fraction of sp³-hybridized carbons (Fsp3) is 0.533. The fourth-order valence-corrected chi connectivity index (χ4v) is 3.22. The zero-order valence-electron chi connectivity index (χ0n) is 10.6. The molecule has 94 valence electrons. The van der Waals surface area contributed by atoms with Crippen LogP contribution >= 0.6 is 0 Å². The first kappa shape index (κ1) is 10.6. The van der Waals surface area contributed by atoms with Gasteiger partial charge in [-0.1, -0.05) is 12.5 Å². The van der Waals surface area contributed by atoms with Gasteiger partial charge >= 0.3 is 0 Å². The molecular formula is C15H19N3. The van der Waals surface area contributed by atoms with E-state index < -0.39 is 0 Å². The Morgan fingerprint density at radius 3 is 2.78 bits per heavy atom. The highest BCUT2D eigenvalue weighted by Gasteiger charge is 2.37. The molecule has 0 spiro atoms. The van der Waals surface area contributed by atoms with Crippen molar-refractivity contribution < 1.29 is 0 Å². The third-order valence-corrected chi connectivity index (χ3v) is 4.83. The molecule has 2 saturated carbocycles. The van der Waals surface area contributed by atoms with Crippen LogP contribution in [-0.2, 0) is 5.41 Å². The molecule has 0 atom stereocenters. The van der Waals surface area contributed by atoms with Gasteiger partial charge in [0.05, 0.1) is 17.4 Å². The smallest absolute Gasteiger partial charge is 0.0960 e. The molecule has 3 nitrogen and oxygen atoms in total. The summed E-state index contributed by atoms with van der Waals surface area (Å²) in [4.78, 5) is 4.57. The summed E-state index contributed by atoms with van der Waals surface area (Å²) in [5.41, 5.74) is 10.0. The maximum Gasteiger partial charge on any atom is 0.0960 e. The summed E-state index contributed by atoms with van der Waals surface area (Å²) >= 11 is 0. The van der Waals surface area contributed by atoms with Crippen LogP contribution in [0.25, 0.3) is 11.0 Å². The normalized spacial score (nSPS) is 22.1. The van der Waals surface area contributed by atoms with Crippen LogP contribution < -0.4 is 5.73 Å². The van der Waals surface area contributed by atoms with E-state index >= 15 is 0 Å². The summed E-state index contributed by atoms with van der Waals surface area (Å²) in [6, 6.07) is 7.48. The molecular weight excluding hydrogens is 222 g/mol. The second-order valence-electron chi connectivity index (χ2n) is 5.92. The summed E-state index contributed by atoms with van der Waals surface area (Å²) < 4.78 is 2.33. The first-order valence-electron chi connectivity index (χ1n) is 7.00. The summed E-state index contributed by atoms with van der Waals surface area (Å²) in [6.45, 7) is 0.766. The summed E-state index contributed by atoms with van der Waals surface area (Å²) in [6.07, 6.45) is 8.39. The molecule has 3 heteroatoms. The molecule has 1 aromatic heterocycles. The van der Waals surface area contributed by atoms with E-state index in [1.807, 2.05) is 6.33 Å². The predicted octanol–water partition coefficient (Wildman–Crippen LogP) is 2.75. The molecule has 4 rings (SSSR count). The van der Waals surface area contributed by atoms with E-state index in [4.69, 9.17) is 5.73 Å². The minimum atomic E-state index is 0.248. The van der Waals surface area contributed by atoms with Gasteiger partial charge in [-0.25, -0.2) is 4.98 Å². The van der Waals surface area contributed by atoms with E-state index in [2.05, 4.69) is 27.8 Å². The van der Waals surface area contributed by atoms with Crippen molar-refractivity contribution >= 4 is 11.0 Å². The lowest BCUT2D eigenvalue weighted by molar-refractivity contribution is 0.253. The molecule has 0 amide bonds. The molecule has 0 aliphatic heterocycles. The largest absolute Gasteiger partial charge is 0.330 e. The number of nitrogens with two attached hydrogens (primary N) is 1. The van der Waals surface area contributed by atoms with Gasteiger partial charge in [-0.2, -0.15) is 0 Å². The lowest BCUT2D eigenvalue weighted by Crippen LogP contribution is -2.41. The highest BCUT2D eigenvalue weighted by Crippen LogP contribution is 2.44. The Labute approximate surface area is 107 Å². The lowest BCUT2D eigenvalue weighted by atomic mass is 9.64. The topological polar surface area (TPSA) is 43.8 Å². The van der Waals surface area contributed by atoms with Crippen molar-refractivity contribution in [2.24, 2.45) is 5.73 Å². The van der Waals surface area contributed by atoms with Gasteiger partial charge in [0.1, 0.15) is 0 Å². The first-order valence-corrected chi connectivity index (χ1v) is 7.00. The second kappa shape index (κ2) is 3.58. The predicted molar refractivity (Wildman–Crippen MR) is 72.6 cm³/mol. The van der Waals surface area contributed by atoms with Crippen LogP contribution in [0.3, 0.4) is 0 Å². The van der Waals surface area contributed by atoms with Crippen LogP contribution in [0.4, 0.5) is 0 Å². The van der Waals surface area contributed by atoms with Crippen LogP contribution in [0.1, 0.15) is 43.7 Å². The van der Waals surface area contributed by atoms with Crippen LogP contribution in [0.15, 0.2) is 24.5 Å². The Hall–Kier alpha value is -1.35. The zero-order valence-corrected chi connectivity index (χ0v) is 10.6. The van der Waals surface area contributed by atoms with Crippen molar-refractivity contribution in [3.05, 3.63) is 30.1 Å². The van der Waals surface area contributed by atoms with Crippen molar-refractivity contribution in [2.75, 3.05) is 6.54 Å². The molecule has 0 bridgehead atoms. The van der Waals surface area contributed by atoms with Crippen LogP contribution in [0.2, 0.25) is 0 Å².